The molecule has 0 spiro atoms. The highest BCUT2D eigenvalue weighted by Gasteiger charge is 2.40. The van der Waals surface area contributed by atoms with E-state index in [0.29, 0.717) is 6.61 Å². The lowest BCUT2D eigenvalue weighted by Gasteiger charge is -2.13. The predicted molar refractivity (Wildman–Crippen MR) is 85.1 cm³/mol. The largest absolute Gasteiger partial charge is 0.494 e. The summed E-state index contributed by atoms with van der Waals surface area (Å²) in [5, 5.41) is -0.0986. The molecule has 0 saturated heterocycles. The molecule has 1 aromatic heterocycles. The average Bonchev–Trinajstić information content (AvgIpc) is 2.58. The third kappa shape index (κ3) is 3.49. The van der Waals surface area contributed by atoms with Crippen molar-refractivity contribution in [1.29, 1.82) is 0 Å². The summed E-state index contributed by atoms with van der Waals surface area (Å²) in [4.78, 5) is 12.5. The molecule has 0 aliphatic carbocycles. The van der Waals surface area contributed by atoms with Crippen molar-refractivity contribution in [2.45, 2.75) is 13.1 Å². The number of alkyl halides is 3. The average molecular weight is 368 g/mol. The second-order valence-corrected chi connectivity index (χ2v) is 5.23. The van der Waals surface area contributed by atoms with Gasteiger partial charge in [0.2, 0.25) is 11.2 Å². The van der Waals surface area contributed by atoms with Crippen LogP contribution in [-0.4, -0.2) is 6.61 Å². The number of ether oxygens (including phenoxy) is 2. The van der Waals surface area contributed by atoms with Crippen LogP contribution in [0.4, 0.5) is 17.6 Å². The van der Waals surface area contributed by atoms with Gasteiger partial charge in [-0.2, -0.15) is 13.2 Å². The van der Waals surface area contributed by atoms with E-state index in [1.165, 1.54) is 18.2 Å². The molecular weight excluding hydrogens is 356 g/mol. The van der Waals surface area contributed by atoms with Crippen LogP contribution in [0.2, 0.25) is 0 Å². The minimum Gasteiger partial charge on any atom is -0.494 e. The van der Waals surface area contributed by atoms with Gasteiger partial charge in [-0.15, -0.1) is 0 Å². The monoisotopic (exact) mass is 368 g/mol. The van der Waals surface area contributed by atoms with Crippen LogP contribution < -0.4 is 14.9 Å². The minimum atomic E-state index is -4.97. The Morgan fingerprint density at radius 2 is 1.69 bits per heavy atom. The summed E-state index contributed by atoms with van der Waals surface area (Å²) in [6.07, 6.45) is -4.97. The summed E-state index contributed by atoms with van der Waals surface area (Å²) in [6.45, 7) is 2.01. The van der Waals surface area contributed by atoms with E-state index >= 15 is 0 Å². The molecule has 3 rings (SSSR count). The van der Waals surface area contributed by atoms with Crippen LogP contribution in [0.3, 0.4) is 0 Å². The van der Waals surface area contributed by atoms with Crippen molar-refractivity contribution in [3.8, 4) is 17.2 Å². The summed E-state index contributed by atoms with van der Waals surface area (Å²) >= 11 is 0. The van der Waals surface area contributed by atoms with Crippen molar-refractivity contribution in [2.75, 3.05) is 6.61 Å². The topological polar surface area (TPSA) is 48.7 Å². The molecule has 0 atom stereocenters. The van der Waals surface area contributed by atoms with Gasteiger partial charge in [-0.3, -0.25) is 4.79 Å². The molecule has 8 heteroatoms. The third-order valence-corrected chi connectivity index (χ3v) is 3.42. The SMILES string of the molecule is CCOc1ccc2c(=O)c(Oc3ccc(F)cc3)c(C(F)(F)F)oc2c1. The molecule has 0 aliphatic heterocycles. The van der Waals surface area contributed by atoms with Crippen LogP contribution in [0.1, 0.15) is 12.7 Å². The standard InChI is InChI=1S/C18H12F4O4/c1-2-24-12-7-8-13-14(9-12)26-17(18(20,21)22)16(15(13)23)25-11-5-3-10(19)4-6-11/h3-9H,2H2,1H3. The van der Waals surface area contributed by atoms with Crippen LogP contribution in [0.5, 0.6) is 17.2 Å². The molecule has 1 heterocycles. The molecule has 136 valence electrons. The number of rotatable bonds is 4. The first kappa shape index (κ1) is 17.8. The van der Waals surface area contributed by atoms with Gasteiger partial charge in [-0.1, -0.05) is 0 Å². The summed E-state index contributed by atoms with van der Waals surface area (Å²) in [7, 11) is 0. The van der Waals surface area contributed by atoms with Gasteiger partial charge in [-0.05, 0) is 43.3 Å². The number of halogens is 4. The van der Waals surface area contributed by atoms with Crippen molar-refractivity contribution in [1.82, 2.24) is 0 Å². The van der Waals surface area contributed by atoms with Crippen LogP contribution >= 0.6 is 0 Å². The molecule has 0 N–H and O–H groups in total. The second kappa shape index (κ2) is 6.70. The first-order valence-electron chi connectivity index (χ1n) is 7.54. The smallest absolute Gasteiger partial charge is 0.453 e. The zero-order valence-electron chi connectivity index (χ0n) is 13.4. The predicted octanol–water partition coefficient (Wildman–Crippen LogP) is 5.14. The van der Waals surface area contributed by atoms with E-state index in [2.05, 4.69) is 0 Å². The number of hydrogen-bond donors (Lipinski definition) is 0. The number of hydrogen-bond acceptors (Lipinski definition) is 4. The Hall–Kier alpha value is -3.03. The molecule has 0 radical (unpaired) electrons. The van der Waals surface area contributed by atoms with Crippen molar-refractivity contribution >= 4 is 11.0 Å². The van der Waals surface area contributed by atoms with E-state index in [4.69, 9.17) is 13.9 Å². The highest BCUT2D eigenvalue weighted by molar-refractivity contribution is 5.79. The van der Waals surface area contributed by atoms with Gasteiger partial charge in [-0.25, -0.2) is 4.39 Å². The Labute approximate surface area is 144 Å². The second-order valence-electron chi connectivity index (χ2n) is 5.23. The van der Waals surface area contributed by atoms with Crippen molar-refractivity contribution < 1.29 is 31.5 Å². The first-order valence-corrected chi connectivity index (χ1v) is 7.54. The normalized spacial score (nSPS) is 11.6. The molecule has 0 bridgehead atoms. The maximum absolute atomic E-state index is 13.4. The Morgan fingerprint density at radius 3 is 2.31 bits per heavy atom. The van der Waals surface area contributed by atoms with Crippen LogP contribution in [0.15, 0.2) is 51.7 Å². The van der Waals surface area contributed by atoms with Gasteiger partial charge in [0.15, 0.2) is 0 Å². The molecule has 3 aromatic rings. The van der Waals surface area contributed by atoms with E-state index in [-0.39, 0.29) is 22.5 Å². The van der Waals surface area contributed by atoms with E-state index in [0.717, 1.165) is 24.3 Å². The summed E-state index contributed by atoms with van der Waals surface area (Å²) < 4.78 is 68.3. The maximum Gasteiger partial charge on any atom is 0.453 e. The Kier molecular flexibility index (Phi) is 4.58. The molecule has 2 aromatic carbocycles. The number of benzene rings is 2. The molecule has 0 aliphatic rings. The zero-order valence-corrected chi connectivity index (χ0v) is 13.4. The van der Waals surface area contributed by atoms with Gasteiger partial charge < -0.3 is 13.9 Å². The Bertz CT molecular complexity index is 991. The summed E-state index contributed by atoms with van der Waals surface area (Å²) in [6, 6.07) is 8.16. The van der Waals surface area contributed by atoms with Crippen LogP contribution in [0.25, 0.3) is 11.0 Å². The van der Waals surface area contributed by atoms with Crippen molar-refractivity contribution in [3.05, 3.63) is 64.3 Å². The molecular formula is C18H12F4O4. The highest BCUT2D eigenvalue weighted by Crippen LogP contribution is 2.38. The van der Waals surface area contributed by atoms with Gasteiger partial charge >= 0.3 is 6.18 Å². The fourth-order valence-electron chi connectivity index (χ4n) is 2.31. The lowest BCUT2D eigenvalue weighted by atomic mass is 10.2. The van der Waals surface area contributed by atoms with Crippen molar-refractivity contribution in [2.24, 2.45) is 0 Å². The van der Waals surface area contributed by atoms with Gasteiger partial charge in [0.25, 0.3) is 5.76 Å². The number of fused-ring (bicyclic) bond motifs is 1. The van der Waals surface area contributed by atoms with E-state index in [1.54, 1.807) is 6.92 Å². The van der Waals surface area contributed by atoms with E-state index in [9.17, 15) is 22.4 Å². The fraction of sp³-hybridized carbons (Fsp3) is 0.167. The molecule has 26 heavy (non-hydrogen) atoms. The molecule has 0 saturated carbocycles. The zero-order chi connectivity index (χ0) is 18.9. The Morgan fingerprint density at radius 1 is 1.04 bits per heavy atom. The molecule has 0 fully saturated rings. The lowest BCUT2D eigenvalue weighted by Crippen LogP contribution is -2.15. The molecule has 0 amide bonds. The minimum absolute atomic E-state index is 0.0986. The van der Waals surface area contributed by atoms with E-state index in [1.807, 2.05) is 0 Å². The third-order valence-electron chi connectivity index (χ3n) is 3.42. The molecule has 4 nitrogen and oxygen atoms in total. The quantitative estimate of drug-likeness (QED) is 0.598. The van der Waals surface area contributed by atoms with Gasteiger partial charge in [0.05, 0.1) is 12.0 Å². The molecule has 0 unspecified atom stereocenters. The fourth-order valence-corrected chi connectivity index (χ4v) is 2.31. The van der Waals surface area contributed by atoms with E-state index < -0.39 is 28.9 Å². The van der Waals surface area contributed by atoms with Gasteiger partial charge in [0.1, 0.15) is 22.9 Å². The maximum atomic E-state index is 13.4. The first-order chi connectivity index (χ1) is 12.3. The lowest BCUT2D eigenvalue weighted by molar-refractivity contribution is -0.154. The summed E-state index contributed by atoms with van der Waals surface area (Å²) in [5.74, 6) is -3.05. The summed E-state index contributed by atoms with van der Waals surface area (Å²) in [5.41, 5.74) is -1.27. The van der Waals surface area contributed by atoms with Crippen LogP contribution in [0, 0.1) is 5.82 Å². The Balaban J connectivity index is 2.19. The van der Waals surface area contributed by atoms with Crippen molar-refractivity contribution in [3.63, 3.8) is 0 Å². The highest BCUT2D eigenvalue weighted by atomic mass is 19.4. The van der Waals surface area contributed by atoms with Crippen LogP contribution in [-0.2, 0) is 6.18 Å². The van der Waals surface area contributed by atoms with Gasteiger partial charge in [0, 0.05) is 6.07 Å².